The summed E-state index contributed by atoms with van der Waals surface area (Å²) < 4.78 is 0. The molecular weight excluding hydrogens is 348 g/mol. The van der Waals surface area contributed by atoms with E-state index in [2.05, 4.69) is 10.6 Å². The molecule has 2 N–H and O–H groups in total. The van der Waals surface area contributed by atoms with Crippen molar-refractivity contribution in [3.63, 3.8) is 0 Å². The van der Waals surface area contributed by atoms with Gasteiger partial charge in [-0.05, 0) is 42.8 Å². The molecule has 0 aromatic heterocycles. The highest BCUT2D eigenvalue weighted by molar-refractivity contribution is 6.30. The van der Waals surface area contributed by atoms with Crippen molar-refractivity contribution in [3.05, 3.63) is 70.4 Å². The van der Waals surface area contributed by atoms with E-state index in [1.807, 2.05) is 31.2 Å². The van der Waals surface area contributed by atoms with E-state index in [0.717, 1.165) is 11.1 Å². The number of nitrogens with one attached hydrogen (secondary N) is 2. The standard InChI is InChI=1S/C21H23ClN2O2/c1-14-5-11-17(12-6-14)23-19(25)18(24-20(26)21(2,3)4)13-15-7-9-16(22)10-8-15/h5-13H,1-4H3,(H,23,25)(H,24,26)/b18-13+. The largest absolute Gasteiger partial charge is 0.321 e. The van der Waals surface area contributed by atoms with Gasteiger partial charge in [0.1, 0.15) is 5.70 Å². The molecular formula is C21H23ClN2O2. The first-order valence-corrected chi connectivity index (χ1v) is 8.70. The molecule has 0 heterocycles. The summed E-state index contributed by atoms with van der Waals surface area (Å²) in [7, 11) is 0. The molecule has 136 valence electrons. The summed E-state index contributed by atoms with van der Waals surface area (Å²) in [6.45, 7) is 7.35. The molecule has 0 aliphatic rings. The number of aryl methyl sites for hydroxylation is 1. The highest BCUT2D eigenvalue weighted by Crippen LogP contribution is 2.17. The van der Waals surface area contributed by atoms with Gasteiger partial charge in [-0.1, -0.05) is 62.2 Å². The monoisotopic (exact) mass is 370 g/mol. The van der Waals surface area contributed by atoms with Gasteiger partial charge in [-0.15, -0.1) is 0 Å². The number of carbonyl (C=O) groups excluding carboxylic acids is 2. The van der Waals surface area contributed by atoms with Crippen molar-refractivity contribution in [3.8, 4) is 0 Å². The van der Waals surface area contributed by atoms with Crippen molar-refractivity contribution in [1.82, 2.24) is 5.32 Å². The summed E-state index contributed by atoms with van der Waals surface area (Å²) in [6, 6.07) is 14.5. The zero-order chi connectivity index (χ0) is 19.3. The average molecular weight is 371 g/mol. The van der Waals surface area contributed by atoms with E-state index in [9.17, 15) is 9.59 Å². The van der Waals surface area contributed by atoms with Crippen LogP contribution in [0.25, 0.3) is 6.08 Å². The van der Waals surface area contributed by atoms with E-state index in [4.69, 9.17) is 11.6 Å². The Morgan fingerprint density at radius 2 is 1.54 bits per heavy atom. The van der Waals surface area contributed by atoms with Gasteiger partial charge in [-0.2, -0.15) is 0 Å². The van der Waals surface area contributed by atoms with Crippen LogP contribution in [0.4, 0.5) is 5.69 Å². The SMILES string of the molecule is Cc1ccc(NC(=O)/C(=C\c2ccc(Cl)cc2)NC(=O)C(C)(C)C)cc1. The maximum absolute atomic E-state index is 12.7. The number of rotatable bonds is 4. The molecule has 5 heteroatoms. The number of anilines is 1. The van der Waals surface area contributed by atoms with Crippen LogP contribution in [0.2, 0.25) is 5.02 Å². The Morgan fingerprint density at radius 3 is 2.08 bits per heavy atom. The van der Waals surface area contributed by atoms with Crippen LogP contribution in [0.1, 0.15) is 31.9 Å². The van der Waals surface area contributed by atoms with Crippen LogP contribution >= 0.6 is 11.6 Å². The average Bonchev–Trinajstić information content (AvgIpc) is 2.57. The first-order chi connectivity index (χ1) is 12.1. The molecule has 0 unspecified atom stereocenters. The Labute approximate surface area is 159 Å². The van der Waals surface area contributed by atoms with Crippen molar-refractivity contribution >= 4 is 35.2 Å². The van der Waals surface area contributed by atoms with E-state index in [1.54, 1.807) is 51.1 Å². The fraction of sp³-hybridized carbons (Fsp3) is 0.238. The van der Waals surface area contributed by atoms with E-state index >= 15 is 0 Å². The molecule has 0 bridgehead atoms. The molecule has 2 rings (SSSR count). The maximum atomic E-state index is 12.7. The van der Waals surface area contributed by atoms with E-state index in [0.29, 0.717) is 10.7 Å². The molecule has 0 saturated heterocycles. The van der Waals surface area contributed by atoms with Crippen LogP contribution < -0.4 is 10.6 Å². The number of benzene rings is 2. The summed E-state index contributed by atoms with van der Waals surface area (Å²) in [5.74, 6) is -0.627. The van der Waals surface area contributed by atoms with Crippen LogP contribution in [-0.2, 0) is 9.59 Å². The third-order valence-electron chi connectivity index (χ3n) is 3.66. The fourth-order valence-electron chi connectivity index (χ4n) is 2.03. The minimum absolute atomic E-state index is 0.174. The van der Waals surface area contributed by atoms with Gasteiger partial charge in [0.2, 0.25) is 5.91 Å². The van der Waals surface area contributed by atoms with Gasteiger partial charge in [0.05, 0.1) is 0 Å². The maximum Gasteiger partial charge on any atom is 0.272 e. The lowest BCUT2D eigenvalue weighted by Crippen LogP contribution is -2.38. The molecule has 0 fully saturated rings. The molecule has 2 aromatic rings. The zero-order valence-electron chi connectivity index (χ0n) is 15.4. The molecule has 2 aromatic carbocycles. The zero-order valence-corrected chi connectivity index (χ0v) is 16.1. The van der Waals surface area contributed by atoms with Crippen molar-refractivity contribution in [2.45, 2.75) is 27.7 Å². The Hall–Kier alpha value is -2.59. The molecule has 0 saturated carbocycles. The number of amides is 2. The van der Waals surface area contributed by atoms with E-state index in [-0.39, 0.29) is 17.5 Å². The minimum atomic E-state index is -0.622. The molecule has 26 heavy (non-hydrogen) atoms. The fourth-order valence-corrected chi connectivity index (χ4v) is 2.16. The third kappa shape index (κ3) is 5.74. The first kappa shape index (κ1) is 19.7. The lowest BCUT2D eigenvalue weighted by atomic mass is 9.95. The second-order valence-electron chi connectivity index (χ2n) is 7.13. The second kappa shape index (κ2) is 8.19. The Bertz CT molecular complexity index is 817. The highest BCUT2D eigenvalue weighted by atomic mass is 35.5. The first-order valence-electron chi connectivity index (χ1n) is 8.32. The summed E-state index contributed by atoms with van der Waals surface area (Å²) in [4.78, 5) is 25.1. The number of carbonyl (C=O) groups is 2. The van der Waals surface area contributed by atoms with Gasteiger partial charge in [0.25, 0.3) is 5.91 Å². The van der Waals surface area contributed by atoms with Gasteiger partial charge < -0.3 is 10.6 Å². The van der Waals surface area contributed by atoms with Crippen LogP contribution in [-0.4, -0.2) is 11.8 Å². The molecule has 0 aliphatic heterocycles. The topological polar surface area (TPSA) is 58.2 Å². The van der Waals surface area contributed by atoms with Crippen molar-refractivity contribution in [2.24, 2.45) is 5.41 Å². The number of hydrogen-bond acceptors (Lipinski definition) is 2. The minimum Gasteiger partial charge on any atom is -0.321 e. The van der Waals surface area contributed by atoms with Gasteiger partial charge in [-0.3, -0.25) is 9.59 Å². The Morgan fingerprint density at radius 1 is 0.962 bits per heavy atom. The molecule has 0 atom stereocenters. The summed E-state index contributed by atoms with van der Waals surface area (Å²) >= 11 is 5.91. The van der Waals surface area contributed by atoms with Crippen LogP contribution in [0.3, 0.4) is 0 Å². The lowest BCUT2D eigenvalue weighted by molar-refractivity contribution is -0.128. The Balaban J connectivity index is 2.29. The molecule has 0 radical (unpaired) electrons. The normalized spacial score (nSPS) is 11.8. The van der Waals surface area contributed by atoms with Gasteiger partial charge in [-0.25, -0.2) is 0 Å². The molecule has 0 aliphatic carbocycles. The molecule has 0 spiro atoms. The molecule has 2 amide bonds. The smallest absolute Gasteiger partial charge is 0.272 e. The second-order valence-corrected chi connectivity index (χ2v) is 7.57. The van der Waals surface area contributed by atoms with Crippen molar-refractivity contribution in [1.29, 1.82) is 0 Å². The van der Waals surface area contributed by atoms with Crippen molar-refractivity contribution < 1.29 is 9.59 Å². The number of halogens is 1. The van der Waals surface area contributed by atoms with E-state index in [1.165, 1.54) is 0 Å². The Kier molecular flexibility index (Phi) is 6.22. The summed E-state index contributed by atoms with van der Waals surface area (Å²) in [5, 5.41) is 6.14. The predicted molar refractivity (Wildman–Crippen MR) is 107 cm³/mol. The van der Waals surface area contributed by atoms with Crippen LogP contribution in [0.5, 0.6) is 0 Å². The highest BCUT2D eigenvalue weighted by Gasteiger charge is 2.24. The third-order valence-corrected chi connectivity index (χ3v) is 3.92. The quantitative estimate of drug-likeness (QED) is 0.760. The van der Waals surface area contributed by atoms with Gasteiger partial charge in [0.15, 0.2) is 0 Å². The molecule has 4 nitrogen and oxygen atoms in total. The van der Waals surface area contributed by atoms with Crippen LogP contribution in [0.15, 0.2) is 54.2 Å². The van der Waals surface area contributed by atoms with Gasteiger partial charge in [0, 0.05) is 16.1 Å². The summed E-state index contributed by atoms with van der Waals surface area (Å²) in [6.07, 6.45) is 1.63. The lowest BCUT2D eigenvalue weighted by Gasteiger charge is -2.19. The van der Waals surface area contributed by atoms with Crippen LogP contribution in [0, 0.1) is 12.3 Å². The van der Waals surface area contributed by atoms with E-state index < -0.39 is 5.41 Å². The summed E-state index contributed by atoms with van der Waals surface area (Å²) in [5.41, 5.74) is 2.07. The predicted octanol–water partition coefficient (Wildman–Crippen LogP) is 4.79. The number of hydrogen-bond donors (Lipinski definition) is 2. The van der Waals surface area contributed by atoms with Gasteiger partial charge >= 0.3 is 0 Å². The van der Waals surface area contributed by atoms with Crippen molar-refractivity contribution in [2.75, 3.05) is 5.32 Å².